The van der Waals surface area contributed by atoms with Gasteiger partial charge in [0.05, 0.1) is 7.11 Å². The molecule has 19 heavy (non-hydrogen) atoms. The van der Waals surface area contributed by atoms with Crippen LogP contribution in [0.25, 0.3) is 0 Å². The van der Waals surface area contributed by atoms with E-state index in [2.05, 4.69) is 43.1 Å². The van der Waals surface area contributed by atoms with Crippen molar-refractivity contribution in [3.8, 4) is 5.75 Å². The van der Waals surface area contributed by atoms with Gasteiger partial charge < -0.3 is 10.1 Å². The van der Waals surface area contributed by atoms with E-state index in [0.29, 0.717) is 6.04 Å². The highest BCUT2D eigenvalue weighted by molar-refractivity contribution is 5.41. The van der Waals surface area contributed by atoms with Crippen molar-refractivity contribution >= 4 is 0 Å². The van der Waals surface area contributed by atoms with Crippen molar-refractivity contribution in [2.45, 2.75) is 33.2 Å². The van der Waals surface area contributed by atoms with Crippen LogP contribution in [0.3, 0.4) is 0 Å². The Morgan fingerprint density at radius 1 is 1.21 bits per heavy atom. The largest absolute Gasteiger partial charge is 0.496 e. The van der Waals surface area contributed by atoms with Crippen molar-refractivity contribution in [3.63, 3.8) is 0 Å². The van der Waals surface area contributed by atoms with E-state index >= 15 is 0 Å². The van der Waals surface area contributed by atoms with Crippen LogP contribution in [-0.2, 0) is 6.42 Å². The summed E-state index contributed by atoms with van der Waals surface area (Å²) >= 11 is 0. The van der Waals surface area contributed by atoms with Gasteiger partial charge >= 0.3 is 0 Å². The molecular weight excluding hydrogens is 236 g/mol. The Hall–Kier alpha value is -1.06. The van der Waals surface area contributed by atoms with Crippen molar-refractivity contribution in [1.29, 1.82) is 0 Å². The minimum Gasteiger partial charge on any atom is -0.496 e. The fourth-order valence-corrected chi connectivity index (χ4v) is 2.86. The third kappa shape index (κ3) is 3.48. The van der Waals surface area contributed by atoms with E-state index in [-0.39, 0.29) is 0 Å². The zero-order valence-corrected chi connectivity index (χ0v) is 12.6. The molecule has 0 radical (unpaired) electrons. The molecule has 1 atom stereocenters. The predicted molar refractivity (Wildman–Crippen MR) is 80.1 cm³/mol. The Bertz CT molecular complexity index is 425. The summed E-state index contributed by atoms with van der Waals surface area (Å²) < 4.78 is 5.38. The Balaban J connectivity index is 2.07. The van der Waals surface area contributed by atoms with Gasteiger partial charge in [0, 0.05) is 32.2 Å². The van der Waals surface area contributed by atoms with Gasteiger partial charge in [-0.3, -0.25) is 4.90 Å². The van der Waals surface area contributed by atoms with Crippen LogP contribution in [0.4, 0.5) is 0 Å². The molecule has 0 aliphatic carbocycles. The summed E-state index contributed by atoms with van der Waals surface area (Å²) in [5.74, 6) is 0.996. The lowest BCUT2D eigenvalue weighted by Crippen LogP contribution is -2.48. The SMILES string of the molecule is COc1cc(C)c(CC(C)N2CCNCC2)cc1C. The van der Waals surface area contributed by atoms with Crippen LogP contribution >= 0.6 is 0 Å². The number of hydrogen-bond acceptors (Lipinski definition) is 3. The van der Waals surface area contributed by atoms with Crippen molar-refractivity contribution in [1.82, 2.24) is 10.2 Å². The first-order valence-corrected chi connectivity index (χ1v) is 7.20. The zero-order valence-electron chi connectivity index (χ0n) is 12.6. The number of nitrogens with one attached hydrogen (secondary N) is 1. The molecule has 0 bridgehead atoms. The molecule has 3 heteroatoms. The number of piperazine rings is 1. The maximum atomic E-state index is 5.38. The number of hydrogen-bond donors (Lipinski definition) is 1. The summed E-state index contributed by atoms with van der Waals surface area (Å²) in [6.45, 7) is 11.2. The lowest BCUT2D eigenvalue weighted by molar-refractivity contribution is 0.183. The smallest absolute Gasteiger partial charge is 0.122 e. The molecule has 1 N–H and O–H groups in total. The second kappa shape index (κ2) is 6.40. The Morgan fingerprint density at radius 2 is 1.89 bits per heavy atom. The van der Waals surface area contributed by atoms with Crippen molar-refractivity contribution in [2.75, 3.05) is 33.3 Å². The summed E-state index contributed by atoms with van der Waals surface area (Å²) in [5.41, 5.74) is 4.02. The molecule has 106 valence electrons. The molecule has 0 aromatic heterocycles. The number of nitrogens with zero attached hydrogens (tertiary/aromatic N) is 1. The van der Waals surface area contributed by atoms with Gasteiger partial charge in [-0.2, -0.15) is 0 Å². The quantitative estimate of drug-likeness (QED) is 0.900. The predicted octanol–water partition coefficient (Wildman–Crippen LogP) is 2.15. The fourth-order valence-electron chi connectivity index (χ4n) is 2.86. The molecule has 1 aromatic carbocycles. The first-order chi connectivity index (χ1) is 9.11. The molecule has 1 unspecified atom stereocenters. The molecule has 1 heterocycles. The Morgan fingerprint density at radius 3 is 2.53 bits per heavy atom. The van der Waals surface area contributed by atoms with Gasteiger partial charge in [0.1, 0.15) is 5.75 Å². The molecule has 1 aliphatic heterocycles. The van der Waals surface area contributed by atoms with Gasteiger partial charge in [-0.05, 0) is 49.9 Å². The first-order valence-electron chi connectivity index (χ1n) is 7.20. The summed E-state index contributed by atoms with van der Waals surface area (Å²) in [4.78, 5) is 2.58. The summed E-state index contributed by atoms with van der Waals surface area (Å²) in [5, 5.41) is 3.41. The summed E-state index contributed by atoms with van der Waals surface area (Å²) in [7, 11) is 1.74. The average Bonchev–Trinajstić information content (AvgIpc) is 2.43. The number of rotatable bonds is 4. The van der Waals surface area contributed by atoms with E-state index in [1.165, 1.54) is 16.7 Å². The van der Waals surface area contributed by atoms with Gasteiger partial charge in [0.2, 0.25) is 0 Å². The lowest BCUT2D eigenvalue weighted by atomic mass is 9.98. The van der Waals surface area contributed by atoms with Crippen molar-refractivity contribution in [3.05, 3.63) is 28.8 Å². The highest BCUT2D eigenvalue weighted by atomic mass is 16.5. The molecule has 1 aliphatic rings. The molecule has 2 rings (SSSR count). The summed E-state index contributed by atoms with van der Waals surface area (Å²) in [6.07, 6.45) is 1.12. The van der Waals surface area contributed by atoms with E-state index in [9.17, 15) is 0 Å². The van der Waals surface area contributed by atoms with Gasteiger partial charge in [-0.1, -0.05) is 6.07 Å². The van der Waals surface area contributed by atoms with Crippen LogP contribution < -0.4 is 10.1 Å². The molecule has 1 saturated heterocycles. The molecule has 1 aromatic rings. The van der Waals surface area contributed by atoms with Crippen LogP contribution in [0.15, 0.2) is 12.1 Å². The molecule has 0 saturated carbocycles. The highest BCUT2D eigenvalue weighted by Gasteiger charge is 2.17. The molecule has 0 spiro atoms. The zero-order chi connectivity index (χ0) is 13.8. The normalized spacial score (nSPS) is 18.3. The second-order valence-electron chi connectivity index (χ2n) is 5.59. The Labute approximate surface area is 116 Å². The molecule has 1 fully saturated rings. The third-order valence-electron chi connectivity index (χ3n) is 4.14. The molecule has 3 nitrogen and oxygen atoms in total. The van der Waals surface area contributed by atoms with Crippen LogP contribution in [0.5, 0.6) is 5.75 Å². The van der Waals surface area contributed by atoms with E-state index < -0.39 is 0 Å². The number of aryl methyl sites for hydroxylation is 2. The maximum Gasteiger partial charge on any atom is 0.122 e. The van der Waals surface area contributed by atoms with E-state index in [1.54, 1.807) is 7.11 Å². The van der Waals surface area contributed by atoms with Crippen LogP contribution in [0, 0.1) is 13.8 Å². The molecular formula is C16H26N2O. The van der Waals surface area contributed by atoms with Crippen LogP contribution in [0.2, 0.25) is 0 Å². The van der Waals surface area contributed by atoms with Crippen LogP contribution in [-0.4, -0.2) is 44.2 Å². The van der Waals surface area contributed by atoms with Gasteiger partial charge in [-0.15, -0.1) is 0 Å². The van der Waals surface area contributed by atoms with E-state index in [0.717, 1.165) is 38.3 Å². The number of ether oxygens (including phenoxy) is 1. The average molecular weight is 262 g/mol. The monoisotopic (exact) mass is 262 g/mol. The van der Waals surface area contributed by atoms with Crippen molar-refractivity contribution in [2.24, 2.45) is 0 Å². The molecule has 0 amide bonds. The van der Waals surface area contributed by atoms with Gasteiger partial charge in [-0.25, -0.2) is 0 Å². The first kappa shape index (κ1) is 14.4. The second-order valence-corrected chi connectivity index (χ2v) is 5.59. The van der Waals surface area contributed by atoms with Crippen molar-refractivity contribution < 1.29 is 4.74 Å². The lowest BCUT2D eigenvalue weighted by Gasteiger charge is -2.33. The van der Waals surface area contributed by atoms with Gasteiger partial charge in [0.25, 0.3) is 0 Å². The maximum absolute atomic E-state index is 5.38. The standard InChI is InChI=1S/C16H26N2O/c1-12-10-16(19-4)13(2)9-15(12)11-14(3)18-7-5-17-6-8-18/h9-10,14,17H,5-8,11H2,1-4H3. The minimum atomic E-state index is 0.605. The fraction of sp³-hybridized carbons (Fsp3) is 0.625. The number of benzene rings is 1. The van der Waals surface area contributed by atoms with E-state index in [1.807, 2.05) is 0 Å². The number of methoxy groups -OCH3 is 1. The minimum absolute atomic E-state index is 0.605. The third-order valence-corrected chi connectivity index (χ3v) is 4.14. The highest BCUT2D eigenvalue weighted by Crippen LogP contribution is 2.24. The van der Waals surface area contributed by atoms with Gasteiger partial charge in [0.15, 0.2) is 0 Å². The van der Waals surface area contributed by atoms with E-state index in [4.69, 9.17) is 4.74 Å². The summed E-state index contributed by atoms with van der Waals surface area (Å²) in [6, 6.07) is 5.05. The topological polar surface area (TPSA) is 24.5 Å². The Kier molecular flexibility index (Phi) is 4.83. The van der Waals surface area contributed by atoms with Crippen LogP contribution in [0.1, 0.15) is 23.6 Å².